The smallest absolute Gasteiger partial charge is 0.379 e. The first-order chi connectivity index (χ1) is 6.32. The molecule has 1 aromatic carbocycles. The van der Waals surface area contributed by atoms with Gasteiger partial charge >= 0.3 is 6.18 Å². The van der Waals surface area contributed by atoms with Crippen LogP contribution in [0.1, 0.15) is 17.2 Å². The van der Waals surface area contributed by atoms with Gasteiger partial charge in [0.25, 0.3) is 0 Å². The second kappa shape index (κ2) is 3.90. The molecule has 14 heavy (non-hydrogen) atoms. The Balaban J connectivity index is 3.12. The molecule has 0 aliphatic carbocycles. The predicted octanol–water partition coefficient (Wildman–Crippen LogP) is 3.35. The van der Waals surface area contributed by atoms with Crippen molar-refractivity contribution in [1.29, 1.82) is 0 Å². The average molecular weight is 269 g/mol. The van der Waals surface area contributed by atoms with Crippen molar-refractivity contribution in [2.75, 3.05) is 0 Å². The van der Waals surface area contributed by atoms with Crippen LogP contribution in [0.25, 0.3) is 0 Å². The van der Waals surface area contributed by atoms with E-state index in [1.807, 2.05) is 0 Å². The van der Waals surface area contributed by atoms with Gasteiger partial charge in [-0.3, -0.25) is 0 Å². The van der Waals surface area contributed by atoms with Crippen LogP contribution in [-0.4, -0.2) is 11.3 Å². The summed E-state index contributed by atoms with van der Waals surface area (Å²) < 4.78 is 36.8. The van der Waals surface area contributed by atoms with E-state index in [0.29, 0.717) is 5.56 Å². The van der Waals surface area contributed by atoms with Crippen molar-refractivity contribution in [2.45, 2.75) is 19.2 Å². The highest BCUT2D eigenvalue weighted by molar-refractivity contribution is 9.10. The maximum absolute atomic E-state index is 12.2. The molecule has 1 aromatic rings. The lowest BCUT2D eigenvalue weighted by Gasteiger charge is -2.16. The molecule has 0 fully saturated rings. The molecule has 5 heteroatoms. The van der Waals surface area contributed by atoms with Gasteiger partial charge in [0.2, 0.25) is 0 Å². The molecule has 1 rings (SSSR count). The van der Waals surface area contributed by atoms with Crippen LogP contribution in [0, 0.1) is 6.92 Å². The van der Waals surface area contributed by atoms with E-state index < -0.39 is 12.3 Å². The Morgan fingerprint density at radius 2 is 1.93 bits per heavy atom. The molecule has 1 nitrogen and oxygen atoms in total. The Kier molecular flexibility index (Phi) is 3.21. The lowest BCUT2D eigenvalue weighted by Crippen LogP contribution is -2.20. The molecule has 0 unspecified atom stereocenters. The van der Waals surface area contributed by atoms with Crippen molar-refractivity contribution in [3.8, 4) is 0 Å². The Labute approximate surface area is 87.7 Å². The Morgan fingerprint density at radius 1 is 1.36 bits per heavy atom. The molecule has 0 saturated heterocycles. The number of rotatable bonds is 1. The zero-order chi connectivity index (χ0) is 10.9. The molecule has 1 N–H and O–H groups in total. The maximum Gasteiger partial charge on any atom is 0.418 e. The van der Waals surface area contributed by atoms with Gasteiger partial charge in [0.05, 0.1) is 0 Å². The van der Waals surface area contributed by atoms with Gasteiger partial charge in [-0.2, -0.15) is 13.2 Å². The highest BCUT2D eigenvalue weighted by atomic mass is 79.9. The molecule has 0 aliphatic heterocycles. The summed E-state index contributed by atoms with van der Waals surface area (Å²) in [6.07, 6.45) is -7.06. The number of aryl methyl sites for hydroxylation is 1. The van der Waals surface area contributed by atoms with E-state index in [9.17, 15) is 13.2 Å². The van der Waals surface area contributed by atoms with Gasteiger partial charge in [-0.05, 0) is 13.0 Å². The third kappa shape index (κ3) is 2.48. The summed E-state index contributed by atoms with van der Waals surface area (Å²) in [6, 6.07) is 4.46. The lowest BCUT2D eigenvalue weighted by atomic mass is 10.1. The molecule has 0 amide bonds. The molecule has 78 valence electrons. The van der Waals surface area contributed by atoms with Crippen LogP contribution in [0.5, 0.6) is 0 Å². The molecule has 0 saturated carbocycles. The number of aliphatic hydroxyl groups excluding tert-OH is 1. The fourth-order valence-corrected chi connectivity index (χ4v) is 1.51. The Morgan fingerprint density at radius 3 is 2.43 bits per heavy atom. The molecule has 0 radical (unpaired) electrons. The van der Waals surface area contributed by atoms with Gasteiger partial charge in [0, 0.05) is 10.0 Å². The van der Waals surface area contributed by atoms with Gasteiger partial charge < -0.3 is 5.11 Å². The second-order valence-corrected chi connectivity index (χ2v) is 3.82. The van der Waals surface area contributed by atoms with Crippen LogP contribution in [0.3, 0.4) is 0 Å². The minimum Gasteiger partial charge on any atom is -0.379 e. The lowest BCUT2D eigenvalue weighted by molar-refractivity contribution is -0.207. The van der Waals surface area contributed by atoms with E-state index in [-0.39, 0.29) is 10.0 Å². The summed E-state index contributed by atoms with van der Waals surface area (Å²) in [5.41, 5.74) is 0.518. The van der Waals surface area contributed by atoms with Crippen molar-refractivity contribution in [2.24, 2.45) is 0 Å². The summed E-state index contributed by atoms with van der Waals surface area (Å²) in [5.74, 6) is 0. The molecule has 0 spiro atoms. The monoisotopic (exact) mass is 268 g/mol. The van der Waals surface area contributed by atoms with Crippen molar-refractivity contribution >= 4 is 15.9 Å². The molecular weight excluding hydrogens is 261 g/mol. The van der Waals surface area contributed by atoms with Gasteiger partial charge in [0.15, 0.2) is 6.10 Å². The first kappa shape index (κ1) is 11.5. The minimum absolute atomic E-state index is 0.155. The Bertz CT molecular complexity index is 335. The normalized spacial score (nSPS) is 14.1. The molecule has 1 atom stereocenters. The maximum atomic E-state index is 12.2. The fraction of sp³-hybridized carbons (Fsp3) is 0.333. The SMILES string of the molecule is Cc1ccc(Br)c([C@@H](O)C(F)(F)F)c1. The number of alkyl halides is 3. The van der Waals surface area contributed by atoms with Crippen LogP contribution in [0.4, 0.5) is 13.2 Å². The first-order valence-electron chi connectivity index (χ1n) is 3.83. The molecule has 0 aliphatic rings. The third-order valence-electron chi connectivity index (χ3n) is 1.76. The Hall–Kier alpha value is -0.550. The van der Waals surface area contributed by atoms with Crippen LogP contribution < -0.4 is 0 Å². The summed E-state index contributed by atoms with van der Waals surface area (Å²) >= 11 is 2.96. The zero-order valence-electron chi connectivity index (χ0n) is 7.27. The largest absolute Gasteiger partial charge is 0.418 e. The highest BCUT2D eigenvalue weighted by Gasteiger charge is 2.40. The fourth-order valence-electron chi connectivity index (χ4n) is 1.05. The summed E-state index contributed by atoms with van der Waals surface area (Å²) in [7, 11) is 0. The highest BCUT2D eigenvalue weighted by Crippen LogP contribution is 2.36. The van der Waals surface area contributed by atoms with Crippen molar-refractivity contribution in [3.63, 3.8) is 0 Å². The summed E-state index contributed by atoms with van der Waals surface area (Å²) in [6.45, 7) is 1.67. The van der Waals surface area contributed by atoms with Crippen LogP contribution >= 0.6 is 15.9 Å². The van der Waals surface area contributed by atoms with Crippen LogP contribution in [0.15, 0.2) is 22.7 Å². The molecular formula is C9H8BrF3O. The molecule has 0 heterocycles. The average Bonchev–Trinajstić information content (AvgIpc) is 2.06. The number of aliphatic hydroxyl groups is 1. The summed E-state index contributed by atoms with van der Waals surface area (Å²) in [5, 5.41) is 9.01. The van der Waals surface area contributed by atoms with Crippen molar-refractivity contribution in [3.05, 3.63) is 33.8 Å². The van der Waals surface area contributed by atoms with Crippen molar-refractivity contribution in [1.82, 2.24) is 0 Å². The number of halogens is 4. The standard InChI is InChI=1S/C9H8BrF3O/c1-5-2-3-7(10)6(4-5)8(14)9(11,12)13/h2-4,8,14H,1H3/t8-/m1/s1. The van der Waals surface area contributed by atoms with Crippen LogP contribution in [0.2, 0.25) is 0 Å². The number of benzene rings is 1. The topological polar surface area (TPSA) is 20.2 Å². The quantitative estimate of drug-likeness (QED) is 0.828. The van der Waals surface area contributed by atoms with Gasteiger partial charge in [0.1, 0.15) is 0 Å². The van der Waals surface area contributed by atoms with Gasteiger partial charge in [-0.1, -0.05) is 33.6 Å². The van der Waals surface area contributed by atoms with E-state index >= 15 is 0 Å². The number of hydrogen-bond acceptors (Lipinski definition) is 1. The molecule has 0 bridgehead atoms. The summed E-state index contributed by atoms with van der Waals surface area (Å²) in [4.78, 5) is 0. The first-order valence-corrected chi connectivity index (χ1v) is 4.62. The van der Waals surface area contributed by atoms with E-state index in [1.165, 1.54) is 12.1 Å². The van der Waals surface area contributed by atoms with Crippen molar-refractivity contribution < 1.29 is 18.3 Å². The van der Waals surface area contributed by atoms with Crippen LogP contribution in [-0.2, 0) is 0 Å². The van der Waals surface area contributed by atoms with Gasteiger partial charge in [-0.25, -0.2) is 0 Å². The predicted molar refractivity (Wildman–Crippen MR) is 49.9 cm³/mol. The zero-order valence-corrected chi connectivity index (χ0v) is 8.85. The van der Waals surface area contributed by atoms with Gasteiger partial charge in [-0.15, -0.1) is 0 Å². The second-order valence-electron chi connectivity index (χ2n) is 2.97. The third-order valence-corrected chi connectivity index (χ3v) is 2.48. The van der Waals surface area contributed by atoms with E-state index in [4.69, 9.17) is 5.11 Å². The number of hydrogen-bond donors (Lipinski definition) is 1. The van der Waals surface area contributed by atoms with E-state index in [2.05, 4.69) is 15.9 Å². The van der Waals surface area contributed by atoms with E-state index in [0.717, 1.165) is 0 Å². The molecule has 0 aromatic heterocycles. The minimum atomic E-state index is -4.63. The van der Waals surface area contributed by atoms with E-state index in [1.54, 1.807) is 13.0 Å².